The van der Waals surface area contributed by atoms with Gasteiger partial charge in [0.2, 0.25) is 17.6 Å². The maximum absolute atomic E-state index is 12.4. The lowest BCUT2D eigenvalue weighted by Gasteiger charge is -2.12. The molecule has 0 aromatic carbocycles. The van der Waals surface area contributed by atoms with E-state index >= 15 is 0 Å². The van der Waals surface area contributed by atoms with Gasteiger partial charge in [-0.05, 0) is 12.8 Å². The highest BCUT2D eigenvalue weighted by atomic mass is 28.3. The van der Waals surface area contributed by atoms with Crippen molar-refractivity contribution in [3.05, 3.63) is 0 Å². The van der Waals surface area contributed by atoms with Crippen LogP contribution in [0.15, 0.2) is 0 Å². The second kappa shape index (κ2) is 14.8. The number of hydrogen-bond donors (Lipinski definition) is 0. The van der Waals surface area contributed by atoms with Gasteiger partial charge in [-0.1, -0.05) is 78.3 Å². The fraction of sp³-hybridized carbons (Fsp3) is 0.842. The molecule has 0 aliphatic carbocycles. The molecule has 0 heterocycles. The van der Waals surface area contributed by atoms with Crippen LogP contribution in [-0.4, -0.2) is 33.4 Å². The van der Waals surface area contributed by atoms with Crippen LogP contribution >= 0.6 is 0 Å². The molecule has 0 saturated heterocycles. The van der Waals surface area contributed by atoms with Crippen molar-refractivity contribution in [2.75, 3.05) is 0 Å². The van der Waals surface area contributed by atoms with Gasteiger partial charge in [0.05, 0.1) is 0 Å². The SMILES string of the molecule is CCCCCCCC(=O)[Si](C)C(=O)[Si](C)C(=O)CCCCCCC. The molecule has 0 fully saturated rings. The summed E-state index contributed by atoms with van der Waals surface area (Å²) in [5.74, 6) is 0. The zero-order valence-electron chi connectivity index (χ0n) is 16.2. The summed E-state index contributed by atoms with van der Waals surface area (Å²) < 4.78 is 0. The first-order valence-corrected chi connectivity index (χ1v) is 13.7. The molecule has 0 rings (SSSR count). The van der Waals surface area contributed by atoms with Crippen LogP contribution in [0, 0.1) is 0 Å². The summed E-state index contributed by atoms with van der Waals surface area (Å²) in [4.78, 5) is 36.9. The Kier molecular flexibility index (Phi) is 14.4. The van der Waals surface area contributed by atoms with Crippen molar-refractivity contribution >= 4 is 33.4 Å². The average Bonchev–Trinajstić information content (AvgIpc) is 2.58. The summed E-state index contributed by atoms with van der Waals surface area (Å²) in [6.07, 6.45) is 12.1. The van der Waals surface area contributed by atoms with E-state index in [-0.39, 0.29) is 15.8 Å². The average molecular weight is 369 g/mol. The molecule has 0 amide bonds. The first-order chi connectivity index (χ1) is 11.5. The van der Waals surface area contributed by atoms with E-state index in [4.69, 9.17) is 0 Å². The molecule has 0 aliphatic heterocycles. The van der Waals surface area contributed by atoms with Gasteiger partial charge in [0.25, 0.3) is 0 Å². The number of unbranched alkanes of at least 4 members (excludes halogenated alkanes) is 8. The zero-order chi connectivity index (χ0) is 18.4. The predicted octanol–water partition coefficient (Wildman–Crippen LogP) is 5.46. The van der Waals surface area contributed by atoms with E-state index in [1.54, 1.807) is 13.1 Å². The highest BCUT2D eigenvalue weighted by Crippen LogP contribution is 2.10. The van der Waals surface area contributed by atoms with Crippen molar-refractivity contribution < 1.29 is 14.4 Å². The van der Waals surface area contributed by atoms with Crippen LogP contribution in [0.3, 0.4) is 0 Å². The van der Waals surface area contributed by atoms with Gasteiger partial charge in [-0.3, -0.25) is 0 Å². The Bertz CT molecular complexity index is 349. The van der Waals surface area contributed by atoms with Crippen molar-refractivity contribution in [2.24, 2.45) is 0 Å². The molecular weight excluding hydrogens is 332 g/mol. The minimum Gasteiger partial charge on any atom is -0.310 e. The van der Waals surface area contributed by atoms with Gasteiger partial charge < -0.3 is 14.4 Å². The van der Waals surface area contributed by atoms with Crippen LogP contribution in [0.5, 0.6) is 0 Å². The lowest BCUT2D eigenvalue weighted by molar-refractivity contribution is -0.112. The van der Waals surface area contributed by atoms with Crippen molar-refractivity contribution in [2.45, 2.75) is 104 Å². The fourth-order valence-electron chi connectivity index (χ4n) is 2.69. The molecule has 138 valence electrons. The molecule has 0 unspecified atom stereocenters. The maximum Gasteiger partial charge on any atom is 0.207 e. The van der Waals surface area contributed by atoms with Gasteiger partial charge in [0.1, 0.15) is 15.8 Å². The Labute approximate surface area is 152 Å². The van der Waals surface area contributed by atoms with Crippen LogP contribution in [-0.2, 0) is 9.59 Å². The van der Waals surface area contributed by atoms with Crippen molar-refractivity contribution in [3.63, 3.8) is 0 Å². The Balaban J connectivity index is 4.10. The van der Waals surface area contributed by atoms with Crippen LogP contribution < -0.4 is 0 Å². The molecular formula is C19H36O3Si2. The van der Waals surface area contributed by atoms with Crippen LogP contribution in [0.2, 0.25) is 13.1 Å². The quantitative estimate of drug-likeness (QED) is 0.268. The number of carbonyl (C=O) groups excluding carboxylic acids is 3. The molecule has 0 aromatic heterocycles. The Morgan fingerprint density at radius 3 is 1.25 bits per heavy atom. The molecule has 0 saturated carbocycles. The van der Waals surface area contributed by atoms with Gasteiger partial charge >= 0.3 is 0 Å². The summed E-state index contributed by atoms with van der Waals surface area (Å²) in [5, 5.41) is 0.269. The van der Waals surface area contributed by atoms with E-state index in [9.17, 15) is 14.4 Å². The lowest BCUT2D eigenvalue weighted by Crippen LogP contribution is -2.44. The minimum absolute atomic E-state index is 0.0158. The van der Waals surface area contributed by atoms with Crippen LogP contribution in [0.4, 0.5) is 4.79 Å². The predicted molar refractivity (Wildman–Crippen MR) is 105 cm³/mol. The summed E-state index contributed by atoms with van der Waals surface area (Å²) in [7, 11) is -3.35. The van der Waals surface area contributed by atoms with E-state index in [2.05, 4.69) is 13.8 Å². The van der Waals surface area contributed by atoms with Gasteiger partial charge in [-0.15, -0.1) is 0 Å². The largest absolute Gasteiger partial charge is 0.310 e. The molecule has 2 radical (unpaired) electrons. The molecule has 0 aromatic rings. The summed E-state index contributed by atoms with van der Waals surface area (Å²) >= 11 is 0. The Morgan fingerprint density at radius 2 is 0.917 bits per heavy atom. The topological polar surface area (TPSA) is 51.2 Å². The monoisotopic (exact) mass is 368 g/mol. The van der Waals surface area contributed by atoms with Crippen molar-refractivity contribution in [1.29, 1.82) is 0 Å². The number of carbonyl (C=O) groups is 3. The van der Waals surface area contributed by atoms with E-state index in [0.29, 0.717) is 12.8 Å². The molecule has 0 spiro atoms. The Hall–Kier alpha value is -0.556. The minimum atomic E-state index is -1.67. The first kappa shape index (κ1) is 23.4. The molecule has 5 heteroatoms. The third-order valence-corrected chi connectivity index (χ3v) is 10.3. The van der Waals surface area contributed by atoms with E-state index in [1.807, 2.05) is 0 Å². The van der Waals surface area contributed by atoms with Crippen molar-refractivity contribution in [3.8, 4) is 0 Å². The fourth-order valence-corrected chi connectivity index (χ4v) is 7.38. The second-order valence-electron chi connectivity index (χ2n) is 6.75. The van der Waals surface area contributed by atoms with E-state index < -0.39 is 17.6 Å². The van der Waals surface area contributed by atoms with Gasteiger partial charge in [-0.25, -0.2) is 0 Å². The van der Waals surface area contributed by atoms with Crippen LogP contribution in [0.25, 0.3) is 0 Å². The third-order valence-electron chi connectivity index (χ3n) is 4.53. The third kappa shape index (κ3) is 10.3. The smallest absolute Gasteiger partial charge is 0.207 e. The molecule has 0 aliphatic rings. The van der Waals surface area contributed by atoms with E-state index in [1.165, 1.54) is 38.5 Å². The summed E-state index contributed by atoms with van der Waals surface area (Å²) in [6.45, 7) is 7.93. The maximum atomic E-state index is 12.4. The lowest BCUT2D eigenvalue weighted by atomic mass is 10.1. The highest BCUT2D eigenvalue weighted by Gasteiger charge is 2.32. The van der Waals surface area contributed by atoms with Gasteiger partial charge in [0.15, 0.2) is 0 Å². The number of rotatable bonds is 16. The Morgan fingerprint density at radius 1 is 0.583 bits per heavy atom. The molecule has 24 heavy (non-hydrogen) atoms. The van der Waals surface area contributed by atoms with Crippen LogP contribution in [0.1, 0.15) is 90.9 Å². The molecule has 0 N–H and O–H groups in total. The van der Waals surface area contributed by atoms with Gasteiger partial charge in [-0.2, -0.15) is 0 Å². The zero-order valence-corrected chi connectivity index (χ0v) is 18.2. The normalized spacial score (nSPS) is 11.2. The first-order valence-electron chi connectivity index (χ1n) is 9.73. The molecule has 0 bridgehead atoms. The number of hydrogen-bond acceptors (Lipinski definition) is 3. The standard InChI is InChI=1S/C19H36O3Si2/c1-5-7-9-11-13-15-17(20)23(3)19(22)24(4)18(21)16-14-12-10-8-6-2/h5-16H2,1-4H3. The van der Waals surface area contributed by atoms with Crippen molar-refractivity contribution in [1.82, 2.24) is 0 Å². The second-order valence-corrected chi connectivity index (χ2v) is 11.8. The molecule has 3 nitrogen and oxygen atoms in total. The summed E-state index contributed by atoms with van der Waals surface area (Å²) in [5.41, 5.74) is 0. The summed E-state index contributed by atoms with van der Waals surface area (Å²) in [6, 6.07) is 0. The van der Waals surface area contributed by atoms with E-state index in [0.717, 1.165) is 25.7 Å². The highest BCUT2D eigenvalue weighted by molar-refractivity contribution is 7.34. The molecule has 0 atom stereocenters. The van der Waals surface area contributed by atoms with Gasteiger partial charge in [0, 0.05) is 12.8 Å².